The van der Waals surface area contributed by atoms with Crippen molar-refractivity contribution in [1.82, 2.24) is 10.2 Å². The summed E-state index contributed by atoms with van der Waals surface area (Å²) in [4.78, 5) is 25.8. The zero-order valence-corrected chi connectivity index (χ0v) is 14.4. The lowest BCUT2D eigenvalue weighted by atomic mass is 9.94. The summed E-state index contributed by atoms with van der Waals surface area (Å²) in [6, 6.07) is 2.56. The molecule has 0 bridgehead atoms. The first-order valence-corrected chi connectivity index (χ1v) is 7.65. The van der Waals surface area contributed by atoms with E-state index in [0.29, 0.717) is 32.8 Å². The molecule has 1 N–H and O–H groups in total. The third-order valence-electron chi connectivity index (χ3n) is 3.96. The molecule has 1 aromatic rings. The van der Waals surface area contributed by atoms with Crippen molar-refractivity contribution in [3.63, 3.8) is 0 Å². The Labute approximate surface area is 141 Å². The second kappa shape index (κ2) is 5.77. The first kappa shape index (κ1) is 15.7. The van der Waals surface area contributed by atoms with Gasteiger partial charge in [-0.05, 0) is 24.6 Å². The fourth-order valence-corrected chi connectivity index (χ4v) is 3.15. The van der Waals surface area contributed by atoms with Crippen LogP contribution in [0.3, 0.4) is 0 Å². The van der Waals surface area contributed by atoms with Crippen LogP contribution >= 0.6 is 15.9 Å². The Balaban J connectivity index is 2.13. The number of rotatable bonds is 2. The topological polar surface area (TPSA) is 77.1 Å². The van der Waals surface area contributed by atoms with Crippen molar-refractivity contribution in [3.8, 4) is 11.5 Å². The molecule has 122 valence electrons. The maximum Gasteiger partial charge on any atom is 0.337 e. The third kappa shape index (κ3) is 2.52. The highest BCUT2D eigenvalue weighted by atomic mass is 79.9. The lowest BCUT2D eigenvalue weighted by Crippen LogP contribution is -2.46. The zero-order chi connectivity index (χ0) is 16.7. The van der Waals surface area contributed by atoms with Gasteiger partial charge >= 0.3 is 12.0 Å². The van der Waals surface area contributed by atoms with E-state index in [9.17, 15) is 9.59 Å². The van der Waals surface area contributed by atoms with E-state index in [1.807, 2.05) is 0 Å². The average Bonchev–Trinajstić information content (AvgIpc) is 2.98. The Kier molecular flexibility index (Phi) is 3.93. The van der Waals surface area contributed by atoms with Crippen molar-refractivity contribution >= 4 is 27.9 Å². The van der Waals surface area contributed by atoms with Crippen LogP contribution in [0.1, 0.15) is 18.5 Å². The molecule has 0 aliphatic carbocycles. The number of benzene rings is 1. The number of nitrogens with zero attached hydrogens (tertiary/aromatic N) is 1. The number of fused-ring (bicyclic) bond motifs is 1. The van der Waals surface area contributed by atoms with Gasteiger partial charge in [0, 0.05) is 17.2 Å². The molecule has 7 nitrogen and oxygen atoms in total. The molecule has 2 aliphatic rings. The number of urea groups is 1. The van der Waals surface area contributed by atoms with E-state index in [0.717, 1.165) is 0 Å². The molecule has 0 radical (unpaired) electrons. The number of ether oxygens (including phenoxy) is 3. The molecule has 2 aliphatic heterocycles. The molecule has 1 atom stereocenters. The maximum absolute atomic E-state index is 12.2. The van der Waals surface area contributed by atoms with Gasteiger partial charge in [0.25, 0.3) is 0 Å². The number of esters is 1. The number of nitrogens with one attached hydrogen (secondary N) is 1. The number of amides is 2. The summed E-state index contributed by atoms with van der Waals surface area (Å²) >= 11 is 3.46. The van der Waals surface area contributed by atoms with Crippen LogP contribution in [0.2, 0.25) is 0 Å². The normalized spacial score (nSPS) is 19.7. The second-order valence-corrected chi connectivity index (χ2v) is 6.01. The minimum atomic E-state index is -0.643. The lowest BCUT2D eigenvalue weighted by Gasteiger charge is -2.33. The van der Waals surface area contributed by atoms with E-state index < -0.39 is 12.0 Å². The van der Waals surface area contributed by atoms with Gasteiger partial charge in [-0.15, -0.1) is 0 Å². The number of carbonyl (C=O) groups is 2. The van der Waals surface area contributed by atoms with Crippen molar-refractivity contribution in [2.75, 3.05) is 21.0 Å². The number of methoxy groups -OCH3 is 1. The number of hydrogen-bond donors (Lipinski definition) is 1. The third-order valence-corrected chi connectivity index (χ3v) is 4.65. The van der Waals surface area contributed by atoms with Crippen molar-refractivity contribution in [3.05, 3.63) is 33.4 Å². The first-order chi connectivity index (χ1) is 10.9. The van der Waals surface area contributed by atoms with E-state index in [2.05, 4.69) is 21.2 Å². The molecule has 2 heterocycles. The van der Waals surface area contributed by atoms with E-state index >= 15 is 0 Å². The summed E-state index contributed by atoms with van der Waals surface area (Å²) in [6.07, 6.45) is 0. The van der Waals surface area contributed by atoms with E-state index in [1.165, 1.54) is 12.0 Å². The van der Waals surface area contributed by atoms with Gasteiger partial charge in [-0.2, -0.15) is 0 Å². The van der Waals surface area contributed by atoms with Crippen LogP contribution in [0, 0.1) is 0 Å². The summed E-state index contributed by atoms with van der Waals surface area (Å²) < 4.78 is 16.3. The van der Waals surface area contributed by atoms with Crippen molar-refractivity contribution in [2.45, 2.75) is 13.0 Å². The largest absolute Gasteiger partial charge is 0.466 e. The monoisotopic (exact) mass is 382 g/mol. The highest BCUT2D eigenvalue weighted by Gasteiger charge is 2.36. The Morgan fingerprint density at radius 3 is 2.70 bits per heavy atom. The molecular formula is C15H15BrN2O5. The Morgan fingerprint density at radius 1 is 1.39 bits per heavy atom. The minimum Gasteiger partial charge on any atom is -0.466 e. The predicted molar refractivity (Wildman–Crippen MR) is 84.0 cm³/mol. The van der Waals surface area contributed by atoms with Crippen LogP contribution in [0.25, 0.3) is 0 Å². The molecule has 0 saturated heterocycles. The van der Waals surface area contributed by atoms with E-state index in [-0.39, 0.29) is 12.8 Å². The van der Waals surface area contributed by atoms with Gasteiger partial charge in [-0.3, -0.25) is 0 Å². The van der Waals surface area contributed by atoms with Crippen molar-refractivity contribution in [2.24, 2.45) is 0 Å². The van der Waals surface area contributed by atoms with Crippen LogP contribution in [0.4, 0.5) is 4.79 Å². The van der Waals surface area contributed by atoms with Crippen LogP contribution in [-0.4, -0.2) is 37.9 Å². The quantitative estimate of drug-likeness (QED) is 0.794. The molecule has 0 saturated carbocycles. The fraction of sp³-hybridized carbons (Fsp3) is 0.333. The molecule has 8 heteroatoms. The summed E-state index contributed by atoms with van der Waals surface area (Å²) in [5.74, 6) is 0.683. The van der Waals surface area contributed by atoms with E-state index in [1.54, 1.807) is 26.1 Å². The molecule has 0 aromatic heterocycles. The average molecular weight is 383 g/mol. The number of carbonyl (C=O) groups excluding carboxylic acids is 2. The van der Waals surface area contributed by atoms with Crippen LogP contribution in [0.15, 0.2) is 27.9 Å². The van der Waals surface area contributed by atoms with Crippen LogP contribution in [-0.2, 0) is 9.53 Å². The summed E-state index contributed by atoms with van der Waals surface area (Å²) in [5.41, 5.74) is 1.60. The highest BCUT2D eigenvalue weighted by Crippen LogP contribution is 2.42. The van der Waals surface area contributed by atoms with Gasteiger partial charge in [-0.25, -0.2) is 9.59 Å². The molecule has 23 heavy (non-hydrogen) atoms. The predicted octanol–water partition coefficient (Wildman–Crippen LogP) is 2.32. The minimum absolute atomic E-state index is 0.143. The van der Waals surface area contributed by atoms with Crippen LogP contribution in [0.5, 0.6) is 11.5 Å². The number of hydrogen-bond acceptors (Lipinski definition) is 5. The lowest BCUT2D eigenvalue weighted by molar-refractivity contribution is -0.136. The molecule has 0 spiro atoms. The molecular weight excluding hydrogens is 368 g/mol. The Hall–Kier alpha value is -2.22. The zero-order valence-electron chi connectivity index (χ0n) is 12.8. The first-order valence-electron chi connectivity index (χ1n) is 6.86. The molecule has 1 aromatic carbocycles. The van der Waals surface area contributed by atoms with Gasteiger partial charge in [-0.1, -0.05) is 15.9 Å². The van der Waals surface area contributed by atoms with E-state index in [4.69, 9.17) is 14.2 Å². The van der Waals surface area contributed by atoms with Crippen molar-refractivity contribution in [1.29, 1.82) is 0 Å². The number of allylic oxidation sites excluding steroid dienone is 1. The molecule has 0 unspecified atom stereocenters. The summed E-state index contributed by atoms with van der Waals surface area (Å²) in [6.45, 7) is 1.85. The summed E-state index contributed by atoms with van der Waals surface area (Å²) in [5, 5.41) is 2.81. The Bertz CT molecular complexity index is 731. The molecule has 3 rings (SSSR count). The Morgan fingerprint density at radius 2 is 2.04 bits per heavy atom. The van der Waals surface area contributed by atoms with Crippen molar-refractivity contribution < 1.29 is 23.8 Å². The SMILES string of the molecule is COC(=O)C1=C(C)N(C)C(=O)N[C@H]1c1cc2c(cc1Br)OCO2. The molecule has 2 amide bonds. The summed E-state index contributed by atoms with van der Waals surface area (Å²) in [7, 11) is 2.91. The van der Waals surface area contributed by atoms with Gasteiger partial charge in [0.05, 0.1) is 18.7 Å². The highest BCUT2D eigenvalue weighted by molar-refractivity contribution is 9.10. The smallest absolute Gasteiger partial charge is 0.337 e. The van der Waals surface area contributed by atoms with Crippen LogP contribution < -0.4 is 14.8 Å². The van der Waals surface area contributed by atoms with Gasteiger partial charge in [0.2, 0.25) is 6.79 Å². The standard InChI is InChI=1S/C15H15BrN2O5/c1-7-12(14(19)21-3)13(17-15(20)18(7)2)8-4-10-11(5-9(8)16)23-6-22-10/h4-5,13H,6H2,1-3H3,(H,17,20)/t13-/m0/s1. The molecule has 0 fully saturated rings. The van der Waals surface area contributed by atoms with Gasteiger partial charge < -0.3 is 24.4 Å². The number of halogens is 1. The maximum atomic E-state index is 12.2. The van der Waals surface area contributed by atoms with Gasteiger partial charge in [0.1, 0.15) is 0 Å². The second-order valence-electron chi connectivity index (χ2n) is 5.16. The van der Waals surface area contributed by atoms with Gasteiger partial charge in [0.15, 0.2) is 11.5 Å². The fourth-order valence-electron chi connectivity index (χ4n) is 2.60.